The first-order chi connectivity index (χ1) is 13.6. The summed E-state index contributed by atoms with van der Waals surface area (Å²) in [5, 5.41) is 6.44. The number of anilines is 2. The quantitative estimate of drug-likeness (QED) is 0.729. The molecule has 3 rings (SSSR count). The molecule has 2 aliphatic rings. The molecule has 0 aromatic carbocycles. The maximum atomic E-state index is 12.2. The molecule has 0 radical (unpaired) electrons. The lowest BCUT2D eigenvalue weighted by Gasteiger charge is -2.34. The summed E-state index contributed by atoms with van der Waals surface area (Å²) in [4.78, 5) is 30.2. The standard InChI is InChI=1S/C21H32N4O3/c1-15(26)24-18-12-19(21(27)28-2)20(23-14-18)25-10-8-16(9-11-25)13-22-17-6-4-3-5-7-17/h12,14,16-17,22H,3-11,13H2,1-2H3,(H,24,26). The number of pyridine rings is 1. The van der Waals surface area contributed by atoms with Gasteiger partial charge in [0.25, 0.3) is 0 Å². The second-order valence-electron chi connectivity index (χ2n) is 7.94. The first kappa shape index (κ1) is 20.6. The fourth-order valence-electron chi connectivity index (χ4n) is 4.23. The number of aromatic nitrogens is 1. The van der Waals surface area contributed by atoms with E-state index in [1.54, 1.807) is 12.3 Å². The number of carbonyl (C=O) groups is 2. The zero-order chi connectivity index (χ0) is 19.9. The van der Waals surface area contributed by atoms with Crippen LogP contribution in [0.3, 0.4) is 0 Å². The molecule has 1 aromatic rings. The molecular weight excluding hydrogens is 356 g/mol. The molecule has 2 heterocycles. The Morgan fingerprint density at radius 3 is 2.54 bits per heavy atom. The SMILES string of the molecule is COC(=O)c1cc(NC(C)=O)cnc1N1CCC(CNC2CCCCC2)CC1. The minimum atomic E-state index is -0.434. The van der Waals surface area contributed by atoms with Crippen molar-refractivity contribution >= 4 is 23.4 Å². The number of nitrogens with zero attached hydrogens (tertiary/aromatic N) is 2. The lowest BCUT2D eigenvalue weighted by molar-refractivity contribution is -0.114. The topological polar surface area (TPSA) is 83.6 Å². The monoisotopic (exact) mass is 388 g/mol. The number of piperidine rings is 1. The normalized spacial score (nSPS) is 18.7. The van der Waals surface area contributed by atoms with Crippen molar-refractivity contribution in [1.82, 2.24) is 10.3 Å². The van der Waals surface area contributed by atoms with Gasteiger partial charge < -0.3 is 20.3 Å². The molecule has 1 aliphatic heterocycles. The number of hydrogen-bond donors (Lipinski definition) is 2. The summed E-state index contributed by atoms with van der Waals surface area (Å²) in [5.41, 5.74) is 0.899. The Kier molecular flexibility index (Phi) is 7.25. The van der Waals surface area contributed by atoms with E-state index in [0.29, 0.717) is 29.0 Å². The molecule has 0 unspecified atom stereocenters. The van der Waals surface area contributed by atoms with Gasteiger partial charge in [0.05, 0.1) is 19.0 Å². The number of methoxy groups -OCH3 is 1. The molecule has 2 fully saturated rings. The maximum Gasteiger partial charge on any atom is 0.341 e. The van der Waals surface area contributed by atoms with Gasteiger partial charge in [-0.1, -0.05) is 19.3 Å². The zero-order valence-electron chi connectivity index (χ0n) is 17.0. The van der Waals surface area contributed by atoms with Gasteiger partial charge in [-0.2, -0.15) is 0 Å². The van der Waals surface area contributed by atoms with Crippen LogP contribution in [0.2, 0.25) is 0 Å². The first-order valence-electron chi connectivity index (χ1n) is 10.4. The third kappa shape index (κ3) is 5.44. The summed E-state index contributed by atoms with van der Waals surface area (Å²) in [7, 11) is 1.36. The molecule has 1 aromatic heterocycles. The Bertz CT molecular complexity index is 680. The molecule has 0 atom stereocenters. The van der Waals surface area contributed by atoms with E-state index in [2.05, 4.69) is 20.5 Å². The van der Waals surface area contributed by atoms with Gasteiger partial charge >= 0.3 is 5.97 Å². The van der Waals surface area contributed by atoms with Gasteiger partial charge in [0.2, 0.25) is 5.91 Å². The van der Waals surface area contributed by atoms with Crippen LogP contribution in [0.5, 0.6) is 0 Å². The van der Waals surface area contributed by atoms with E-state index in [-0.39, 0.29) is 5.91 Å². The highest BCUT2D eigenvalue weighted by atomic mass is 16.5. The van der Waals surface area contributed by atoms with Gasteiger partial charge in [-0.15, -0.1) is 0 Å². The van der Waals surface area contributed by atoms with Crippen LogP contribution in [-0.4, -0.2) is 49.6 Å². The molecule has 1 saturated heterocycles. The Morgan fingerprint density at radius 2 is 1.89 bits per heavy atom. The van der Waals surface area contributed by atoms with E-state index in [0.717, 1.165) is 32.5 Å². The molecule has 2 N–H and O–H groups in total. The lowest BCUT2D eigenvalue weighted by atomic mass is 9.93. The van der Waals surface area contributed by atoms with Gasteiger partial charge in [-0.25, -0.2) is 9.78 Å². The van der Waals surface area contributed by atoms with Crippen molar-refractivity contribution in [2.24, 2.45) is 5.92 Å². The smallest absolute Gasteiger partial charge is 0.341 e. The minimum Gasteiger partial charge on any atom is -0.465 e. The van der Waals surface area contributed by atoms with Crippen molar-refractivity contribution in [3.63, 3.8) is 0 Å². The van der Waals surface area contributed by atoms with Gasteiger partial charge in [0, 0.05) is 26.1 Å². The highest BCUT2D eigenvalue weighted by Crippen LogP contribution is 2.27. The molecule has 1 saturated carbocycles. The van der Waals surface area contributed by atoms with Crippen molar-refractivity contribution < 1.29 is 14.3 Å². The van der Waals surface area contributed by atoms with Crippen LogP contribution in [0, 0.1) is 5.92 Å². The highest BCUT2D eigenvalue weighted by molar-refractivity contribution is 5.97. The third-order valence-electron chi connectivity index (χ3n) is 5.81. The second kappa shape index (κ2) is 9.87. The average Bonchev–Trinajstić information content (AvgIpc) is 2.72. The molecule has 28 heavy (non-hydrogen) atoms. The predicted molar refractivity (Wildman–Crippen MR) is 110 cm³/mol. The Balaban J connectivity index is 1.59. The van der Waals surface area contributed by atoms with Crippen molar-refractivity contribution in [2.45, 2.75) is 57.9 Å². The van der Waals surface area contributed by atoms with E-state index in [4.69, 9.17) is 4.74 Å². The minimum absolute atomic E-state index is 0.198. The van der Waals surface area contributed by atoms with E-state index >= 15 is 0 Å². The molecular formula is C21H32N4O3. The van der Waals surface area contributed by atoms with Crippen LogP contribution in [0.15, 0.2) is 12.3 Å². The van der Waals surface area contributed by atoms with E-state index in [1.807, 2.05) is 0 Å². The maximum absolute atomic E-state index is 12.2. The molecule has 7 heteroatoms. The first-order valence-corrected chi connectivity index (χ1v) is 10.4. The van der Waals surface area contributed by atoms with Crippen LogP contribution >= 0.6 is 0 Å². The van der Waals surface area contributed by atoms with Crippen molar-refractivity contribution in [3.8, 4) is 0 Å². The summed E-state index contributed by atoms with van der Waals surface area (Å²) in [6.45, 7) is 4.25. The van der Waals surface area contributed by atoms with Crippen LogP contribution in [0.1, 0.15) is 62.2 Å². The Morgan fingerprint density at radius 1 is 1.18 bits per heavy atom. The van der Waals surface area contributed by atoms with Crippen molar-refractivity contribution in [1.29, 1.82) is 0 Å². The lowest BCUT2D eigenvalue weighted by Crippen LogP contribution is -2.41. The van der Waals surface area contributed by atoms with Crippen molar-refractivity contribution in [2.75, 3.05) is 37.0 Å². The highest BCUT2D eigenvalue weighted by Gasteiger charge is 2.25. The number of nitrogens with one attached hydrogen (secondary N) is 2. The van der Waals surface area contributed by atoms with E-state index < -0.39 is 5.97 Å². The van der Waals surface area contributed by atoms with Gasteiger partial charge in [0.1, 0.15) is 11.4 Å². The zero-order valence-corrected chi connectivity index (χ0v) is 17.0. The van der Waals surface area contributed by atoms with Crippen LogP contribution in [-0.2, 0) is 9.53 Å². The Labute approximate surface area is 167 Å². The second-order valence-corrected chi connectivity index (χ2v) is 7.94. The Hall–Kier alpha value is -2.15. The molecule has 7 nitrogen and oxygen atoms in total. The predicted octanol–water partition coefficient (Wildman–Crippen LogP) is 2.97. The summed E-state index contributed by atoms with van der Waals surface area (Å²) in [6.07, 6.45) is 10.5. The van der Waals surface area contributed by atoms with Gasteiger partial charge in [-0.05, 0) is 44.2 Å². The largest absolute Gasteiger partial charge is 0.465 e. The van der Waals surface area contributed by atoms with Crippen LogP contribution < -0.4 is 15.5 Å². The fraction of sp³-hybridized carbons (Fsp3) is 0.667. The molecule has 1 amide bonds. The molecule has 0 bridgehead atoms. The van der Waals surface area contributed by atoms with Crippen LogP contribution in [0.25, 0.3) is 0 Å². The number of rotatable bonds is 6. The number of hydrogen-bond acceptors (Lipinski definition) is 6. The number of ether oxygens (including phenoxy) is 1. The number of amides is 1. The molecule has 154 valence electrons. The summed E-state index contributed by atoms with van der Waals surface area (Å²) >= 11 is 0. The van der Waals surface area contributed by atoms with Gasteiger partial charge in [-0.3, -0.25) is 4.79 Å². The summed E-state index contributed by atoms with van der Waals surface area (Å²) < 4.78 is 4.93. The molecule has 1 aliphatic carbocycles. The number of carbonyl (C=O) groups excluding carboxylic acids is 2. The van der Waals surface area contributed by atoms with Gasteiger partial charge in [0.15, 0.2) is 0 Å². The fourth-order valence-corrected chi connectivity index (χ4v) is 4.23. The third-order valence-corrected chi connectivity index (χ3v) is 5.81. The molecule has 0 spiro atoms. The van der Waals surface area contributed by atoms with Crippen LogP contribution in [0.4, 0.5) is 11.5 Å². The summed E-state index contributed by atoms with van der Waals surface area (Å²) in [5.74, 6) is 0.672. The van der Waals surface area contributed by atoms with Crippen molar-refractivity contribution in [3.05, 3.63) is 17.8 Å². The average molecular weight is 389 g/mol. The summed E-state index contributed by atoms with van der Waals surface area (Å²) in [6, 6.07) is 2.34. The van der Waals surface area contributed by atoms with E-state index in [1.165, 1.54) is 46.1 Å². The van der Waals surface area contributed by atoms with E-state index in [9.17, 15) is 9.59 Å². The number of esters is 1.